The van der Waals surface area contributed by atoms with E-state index < -0.39 is 0 Å². The summed E-state index contributed by atoms with van der Waals surface area (Å²) in [7, 11) is 0. The summed E-state index contributed by atoms with van der Waals surface area (Å²) >= 11 is 0. The van der Waals surface area contributed by atoms with Crippen molar-refractivity contribution in [3.05, 3.63) is 28.8 Å². The summed E-state index contributed by atoms with van der Waals surface area (Å²) in [4.78, 5) is 33.4. The molecule has 0 unspecified atom stereocenters. The molecule has 3 heterocycles. The zero-order valence-electron chi connectivity index (χ0n) is 21.8. The van der Waals surface area contributed by atoms with Gasteiger partial charge in [-0.15, -0.1) is 0 Å². The predicted octanol–water partition coefficient (Wildman–Crippen LogP) is 3.14. The van der Waals surface area contributed by atoms with Crippen LogP contribution in [0.4, 0.5) is 0 Å². The average Bonchev–Trinajstić information content (AvgIpc) is 2.87. The van der Waals surface area contributed by atoms with Gasteiger partial charge in [0, 0.05) is 64.9 Å². The Morgan fingerprint density at radius 3 is 2.14 bits per heavy atom. The third-order valence-electron chi connectivity index (χ3n) is 8.27. The van der Waals surface area contributed by atoms with Gasteiger partial charge in [-0.3, -0.25) is 14.5 Å². The first kappa shape index (κ1) is 26.0. The summed E-state index contributed by atoms with van der Waals surface area (Å²) in [6.07, 6.45) is 4.99. The number of piperazine rings is 1. The van der Waals surface area contributed by atoms with Gasteiger partial charge in [-0.2, -0.15) is 0 Å². The molecule has 1 N–H and O–H groups in total. The number of piperidine rings is 1. The zero-order valence-corrected chi connectivity index (χ0v) is 21.8. The van der Waals surface area contributed by atoms with E-state index in [-0.39, 0.29) is 24.2 Å². The fourth-order valence-corrected chi connectivity index (χ4v) is 5.91. The van der Waals surface area contributed by atoms with E-state index in [2.05, 4.69) is 11.8 Å². The van der Waals surface area contributed by atoms with Crippen molar-refractivity contribution in [2.75, 3.05) is 52.5 Å². The molecule has 0 spiro atoms. The molecule has 0 radical (unpaired) electrons. The lowest BCUT2D eigenvalue weighted by molar-refractivity contribution is -0.143. The number of benzene rings is 1. The molecule has 0 saturated carbocycles. The van der Waals surface area contributed by atoms with Crippen molar-refractivity contribution >= 4 is 11.8 Å². The Kier molecular flexibility index (Phi) is 8.71. The number of hydrogen-bond donors (Lipinski definition) is 1. The maximum atomic E-state index is 13.8. The molecule has 0 bridgehead atoms. The SMILES string of the molecule is Cc1cc(C[C@@H](CC(=O)N2CCC(C)CC2)C(=O)N2CCN(C3CCOCC3)CC2)cc(C)c1O. The number of phenols is 1. The number of rotatable bonds is 6. The van der Waals surface area contributed by atoms with Gasteiger partial charge < -0.3 is 19.6 Å². The lowest BCUT2D eigenvalue weighted by Crippen LogP contribution is -2.54. The highest BCUT2D eigenvalue weighted by Gasteiger charge is 2.33. The Morgan fingerprint density at radius 1 is 0.943 bits per heavy atom. The van der Waals surface area contributed by atoms with Gasteiger partial charge in [0.1, 0.15) is 5.75 Å². The summed E-state index contributed by atoms with van der Waals surface area (Å²) in [5, 5.41) is 10.2. The van der Waals surface area contributed by atoms with Gasteiger partial charge in [0.15, 0.2) is 0 Å². The van der Waals surface area contributed by atoms with Crippen molar-refractivity contribution in [1.29, 1.82) is 0 Å². The van der Waals surface area contributed by atoms with Crippen LogP contribution in [0.3, 0.4) is 0 Å². The number of ether oxygens (including phenoxy) is 1. The third-order valence-corrected chi connectivity index (χ3v) is 8.27. The van der Waals surface area contributed by atoms with E-state index in [1.54, 1.807) is 0 Å². The second kappa shape index (κ2) is 11.7. The summed E-state index contributed by atoms with van der Waals surface area (Å²) in [5.41, 5.74) is 2.64. The lowest BCUT2D eigenvalue weighted by atomic mass is 9.91. The third kappa shape index (κ3) is 6.56. The molecule has 35 heavy (non-hydrogen) atoms. The molecule has 3 aliphatic rings. The fraction of sp³-hybridized carbons (Fsp3) is 0.714. The van der Waals surface area contributed by atoms with E-state index in [0.717, 1.165) is 94.9 Å². The summed E-state index contributed by atoms with van der Waals surface area (Å²) in [5.74, 6) is 0.785. The molecule has 0 aromatic heterocycles. The molecular formula is C28H43N3O4. The van der Waals surface area contributed by atoms with Crippen molar-refractivity contribution < 1.29 is 19.4 Å². The van der Waals surface area contributed by atoms with Crippen LogP contribution in [0.1, 0.15) is 55.7 Å². The quantitative estimate of drug-likeness (QED) is 0.670. The van der Waals surface area contributed by atoms with E-state index in [1.165, 1.54) is 0 Å². The van der Waals surface area contributed by atoms with Crippen LogP contribution in [0.25, 0.3) is 0 Å². The topological polar surface area (TPSA) is 73.3 Å². The van der Waals surface area contributed by atoms with Crippen molar-refractivity contribution in [3.8, 4) is 5.75 Å². The molecule has 3 fully saturated rings. The number of hydrogen-bond acceptors (Lipinski definition) is 5. The average molecular weight is 486 g/mol. The van der Waals surface area contributed by atoms with Crippen LogP contribution in [0.5, 0.6) is 5.75 Å². The minimum Gasteiger partial charge on any atom is -0.507 e. The Bertz CT molecular complexity index is 859. The van der Waals surface area contributed by atoms with Crippen molar-refractivity contribution in [2.24, 2.45) is 11.8 Å². The second-order valence-corrected chi connectivity index (χ2v) is 11.0. The molecule has 0 aliphatic carbocycles. The van der Waals surface area contributed by atoms with Gasteiger partial charge in [0.05, 0.1) is 5.92 Å². The second-order valence-electron chi connectivity index (χ2n) is 11.0. The van der Waals surface area contributed by atoms with Crippen molar-refractivity contribution in [3.63, 3.8) is 0 Å². The predicted molar refractivity (Wildman–Crippen MR) is 136 cm³/mol. The van der Waals surface area contributed by atoms with Gasteiger partial charge in [-0.25, -0.2) is 0 Å². The Hall–Kier alpha value is -2.12. The number of nitrogens with zero attached hydrogens (tertiary/aromatic N) is 3. The maximum Gasteiger partial charge on any atom is 0.226 e. The molecule has 3 aliphatic heterocycles. The van der Waals surface area contributed by atoms with Crippen LogP contribution < -0.4 is 0 Å². The summed E-state index contributed by atoms with van der Waals surface area (Å²) in [6.45, 7) is 12.5. The number of amides is 2. The molecule has 7 nitrogen and oxygen atoms in total. The normalized spacial score (nSPS) is 21.8. The van der Waals surface area contributed by atoms with Gasteiger partial charge in [0.25, 0.3) is 0 Å². The lowest BCUT2D eigenvalue weighted by Gasteiger charge is -2.41. The zero-order chi connectivity index (χ0) is 24.9. The minimum atomic E-state index is -0.375. The molecular weight excluding hydrogens is 442 g/mol. The van der Waals surface area contributed by atoms with E-state index in [0.29, 0.717) is 24.1 Å². The fourth-order valence-electron chi connectivity index (χ4n) is 5.91. The molecule has 3 saturated heterocycles. The number of aryl methyl sites for hydroxylation is 2. The monoisotopic (exact) mass is 485 g/mol. The molecule has 4 rings (SSSR count). The Labute approximate surface area is 210 Å². The van der Waals surface area contributed by atoms with Crippen molar-refractivity contribution in [1.82, 2.24) is 14.7 Å². The van der Waals surface area contributed by atoms with Crippen LogP contribution in [0, 0.1) is 25.7 Å². The van der Waals surface area contributed by atoms with Gasteiger partial charge in [-0.1, -0.05) is 19.1 Å². The number of aromatic hydroxyl groups is 1. The van der Waals surface area contributed by atoms with Gasteiger partial charge in [0.2, 0.25) is 11.8 Å². The molecule has 1 atom stereocenters. The number of carbonyl (C=O) groups excluding carboxylic acids is 2. The largest absolute Gasteiger partial charge is 0.507 e. The Morgan fingerprint density at radius 2 is 1.54 bits per heavy atom. The maximum absolute atomic E-state index is 13.8. The minimum absolute atomic E-state index is 0.0961. The van der Waals surface area contributed by atoms with E-state index in [4.69, 9.17) is 4.74 Å². The first-order chi connectivity index (χ1) is 16.8. The van der Waals surface area contributed by atoms with E-state index >= 15 is 0 Å². The molecule has 1 aromatic carbocycles. The van der Waals surface area contributed by atoms with Crippen LogP contribution in [0.15, 0.2) is 12.1 Å². The number of carbonyl (C=O) groups is 2. The van der Waals surface area contributed by atoms with Crippen molar-refractivity contribution in [2.45, 2.75) is 65.3 Å². The van der Waals surface area contributed by atoms with Gasteiger partial charge in [-0.05, 0) is 68.6 Å². The van der Waals surface area contributed by atoms with Crippen LogP contribution in [-0.2, 0) is 20.7 Å². The standard InChI is InChI=1S/C28H43N3O4/c1-20-4-8-30(9-5-20)26(32)19-24(18-23-16-21(2)27(33)22(3)17-23)28(34)31-12-10-29(11-13-31)25-6-14-35-15-7-25/h16-17,20,24-25,33H,4-15,18-19H2,1-3H3/t24-/m0/s1. The van der Waals surface area contributed by atoms with Crippen LogP contribution in [0.2, 0.25) is 0 Å². The van der Waals surface area contributed by atoms with E-state index in [9.17, 15) is 14.7 Å². The molecule has 7 heteroatoms. The van der Waals surface area contributed by atoms with Gasteiger partial charge >= 0.3 is 0 Å². The smallest absolute Gasteiger partial charge is 0.226 e. The number of phenolic OH excluding ortho intramolecular Hbond substituents is 1. The van der Waals surface area contributed by atoms with Crippen LogP contribution in [-0.4, -0.2) is 90.1 Å². The molecule has 194 valence electrons. The summed E-state index contributed by atoms with van der Waals surface area (Å²) in [6, 6.07) is 4.47. The molecule has 1 aromatic rings. The number of likely N-dealkylation sites (tertiary alicyclic amines) is 1. The first-order valence-corrected chi connectivity index (χ1v) is 13.5. The van der Waals surface area contributed by atoms with E-state index in [1.807, 2.05) is 35.8 Å². The highest BCUT2D eigenvalue weighted by Crippen LogP contribution is 2.27. The summed E-state index contributed by atoms with van der Waals surface area (Å²) < 4.78 is 5.51. The highest BCUT2D eigenvalue weighted by molar-refractivity contribution is 5.86. The molecule has 2 amide bonds. The first-order valence-electron chi connectivity index (χ1n) is 13.5. The Balaban J connectivity index is 1.44. The van der Waals surface area contributed by atoms with Crippen LogP contribution >= 0.6 is 0 Å². The highest BCUT2D eigenvalue weighted by atomic mass is 16.5.